The van der Waals surface area contributed by atoms with E-state index in [4.69, 9.17) is 0 Å². The highest BCUT2D eigenvalue weighted by molar-refractivity contribution is 14.1. The van der Waals surface area contributed by atoms with E-state index in [0.717, 1.165) is 6.42 Å². The van der Waals surface area contributed by atoms with Gasteiger partial charge in [0.1, 0.15) is 0 Å². The Hall–Kier alpha value is -1.03. The average Bonchev–Trinajstić information content (AvgIpc) is 2.61. The zero-order valence-corrected chi connectivity index (χ0v) is 13.4. The Balaban J connectivity index is 1.95. The fraction of sp³-hybridized carbons (Fsp3) is 0.294. The van der Waals surface area contributed by atoms with Gasteiger partial charge in [-0.1, -0.05) is 44.2 Å². The van der Waals surface area contributed by atoms with Crippen LogP contribution < -0.4 is 5.32 Å². The van der Waals surface area contributed by atoms with Crippen LogP contribution in [0.2, 0.25) is 0 Å². The molecular weight excluding hydrogens is 345 g/mol. The quantitative estimate of drug-likeness (QED) is 0.739. The summed E-state index contributed by atoms with van der Waals surface area (Å²) in [6.07, 6.45) is 1.14. The molecule has 0 aliphatic heterocycles. The number of halogens is 1. The molecule has 1 N–H and O–H groups in total. The molecule has 2 heteroatoms. The minimum atomic E-state index is 0.255. The topological polar surface area (TPSA) is 12.0 Å². The fourth-order valence-corrected chi connectivity index (χ4v) is 3.55. The lowest BCUT2D eigenvalue weighted by atomic mass is 9.85. The van der Waals surface area contributed by atoms with Crippen LogP contribution in [0.15, 0.2) is 48.5 Å². The van der Waals surface area contributed by atoms with Crippen LogP contribution in [-0.2, 0) is 6.42 Å². The van der Waals surface area contributed by atoms with Crippen LogP contribution in [0.1, 0.15) is 31.0 Å². The first kappa shape index (κ1) is 13.0. The summed E-state index contributed by atoms with van der Waals surface area (Å²) in [5, 5.41) is 3.72. The number of hydrogen-bond donors (Lipinski definition) is 1. The van der Waals surface area contributed by atoms with E-state index in [2.05, 4.69) is 90.3 Å². The van der Waals surface area contributed by atoms with E-state index in [-0.39, 0.29) is 5.41 Å². The molecule has 0 saturated carbocycles. The second kappa shape index (κ2) is 4.82. The summed E-state index contributed by atoms with van der Waals surface area (Å²) in [6, 6.07) is 17.8. The number of rotatable bonds is 2. The predicted octanol–water partition coefficient (Wildman–Crippen LogP) is 5.03. The normalized spacial score (nSPS) is 20.1. The average molecular weight is 363 g/mol. The Morgan fingerprint density at radius 2 is 1.89 bits per heavy atom. The van der Waals surface area contributed by atoms with Gasteiger partial charge >= 0.3 is 0 Å². The van der Waals surface area contributed by atoms with E-state index in [1.807, 2.05) is 0 Å². The molecule has 0 radical (unpaired) electrons. The number of benzene rings is 2. The molecule has 0 heterocycles. The summed E-state index contributed by atoms with van der Waals surface area (Å²) in [7, 11) is 0. The van der Waals surface area contributed by atoms with E-state index in [1.54, 1.807) is 0 Å². The molecule has 1 unspecified atom stereocenters. The largest absolute Gasteiger partial charge is 0.378 e. The molecule has 2 aromatic carbocycles. The smallest absolute Gasteiger partial charge is 0.0570 e. The van der Waals surface area contributed by atoms with Gasteiger partial charge in [-0.25, -0.2) is 0 Å². The van der Waals surface area contributed by atoms with Gasteiger partial charge in [0.05, 0.1) is 6.04 Å². The molecule has 0 fully saturated rings. The maximum atomic E-state index is 3.72. The SMILES string of the molecule is CC1(C)Cc2ccccc2C1Nc1cccc(I)c1. The lowest BCUT2D eigenvalue weighted by Crippen LogP contribution is -2.24. The van der Waals surface area contributed by atoms with Crippen LogP contribution in [0.3, 0.4) is 0 Å². The molecule has 1 nitrogen and oxygen atoms in total. The Morgan fingerprint density at radius 3 is 2.68 bits per heavy atom. The first-order valence-electron chi connectivity index (χ1n) is 6.66. The zero-order valence-electron chi connectivity index (χ0n) is 11.3. The molecule has 1 atom stereocenters. The third-order valence-electron chi connectivity index (χ3n) is 3.93. The molecule has 98 valence electrons. The van der Waals surface area contributed by atoms with Gasteiger partial charge in [0.15, 0.2) is 0 Å². The molecule has 0 aromatic heterocycles. The van der Waals surface area contributed by atoms with Crippen molar-refractivity contribution >= 4 is 28.3 Å². The van der Waals surface area contributed by atoms with Gasteiger partial charge in [-0.3, -0.25) is 0 Å². The molecule has 1 aliphatic carbocycles. The second-order valence-electron chi connectivity index (χ2n) is 5.95. The van der Waals surface area contributed by atoms with Gasteiger partial charge in [-0.2, -0.15) is 0 Å². The van der Waals surface area contributed by atoms with Crippen molar-refractivity contribution in [1.29, 1.82) is 0 Å². The summed E-state index contributed by atoms with van der Waals surface area (Å²) < 4.78 is 1.27. The molecule has 0 bridgehead atoms. The minimum absolute atomic E-state index is 0.255. The van der Waals surface area contributed by atoms with Crippen LogP contribution >= 0.6 is 22.6 Å². The Kier molecular flexibility index (Phi) is 3.29. The van der Waals surface area contributed by atoms with Crippen molar-refractivity contribution in [2.75, 3.05) is 5.32 Å². The van der Waals surface area contributed by atoms with Crippen LogP contribution in [0.25, 0.3) is 0 Å². The van der Waals surface area contributed by atoms with Crippen molar-refractivity contribution in [3.05, 3.63) is 63.2 Å². The van der Waals surface area contributed by atoms with E-state index in [0.29, 0.717) is 6.04 Å². The van der Waals surface area contributed by atoms with E-state index >= 15 is 0 Å². The van der Waals surface area contributed by atoms with Crippen molar-refractivity contribution in [1.82, 2.24) is 0 Å². The fourth-order valence-electron chi connectivity index (χ4n) is 3.01. The molecule has 2 aromatic rings. The summed E-state index contributed by atoms with van der Waals surface area (Å²) in [5.41, 5.74) is 4.40. The second-order valence-corrected chi connectivity index (χ2v) is 7.20. The molecule has 1 aliphatic rings. The van der Waals surface area contributed by atoms with Crippen LogP contribution in [-0.4, -0.2) is 0 Å². The Morgan fingerprint density at radius 1 is 1.11 bits per heavy atom. The van der Waals surface area contributed by atoms with Gasteiger partial charge < -0.3 is 5.32 Å². The van der Waals surface area contributed by atoms with Crippen molar-refractivity contribution in [2.24, 2.45) is 5.41 Å². The number of hydrogen-bond acceptors (Lipinski definition) is 1. The first-order chi connectivity index (χ1) is 9.06. The van der Waals surface area contributed by atoms with Crippen LogP contribution in [0.5, 0.6) is 0 Å². The summed E-state index contributed by atoms with van der Waals surface area (Å²) >= 11 is 2.36. The van der Waals surface area contributed by atoms with Crippen molar-refractivity contribution in [3.8, 4) is 0 Å². The zero-order chi connectivity index (χ0) is 13.5. The number of anilines is 1. The first-order valence-corrected chi connectivity index (χ1v) is 7.74. The van der Waals surface area contributed by atoms with E-state index in [9.17, 15) is 0 Å². The van der Waals surface area contributed by atoms with Gasteiger partial charge in [0.25, 0.3) is 0 Å². The van der Waals surface area contributed by atoms with Gasteiger partial charge in [-0.15, -0.1) is 0 Å². The lowest BCUT2D eigenvalue weighted by molar-refractivity contribution is 0.337. The van der Waals surface area contributed by atoms with Crippen molar-refractivity contribution < 1.29 is 0 Å². The molecule has 0 amide bonds. The van der Waals surface area contributed by atoms with Crippen LogP contribution in [0.4, 0.5) is 5.69 Å². The standard InChI is InChI=1S/C17H18IN/c1-17(2)11-12-6-3-4-9-15(12)16(17)19-14-8-5-7-13(18)10-14/h3-10,16,19H,11H2,1-2H3. The summed E-state index contributed by atoms with van der Waals surface area (Å²) in [4.78, 5) is 0. The third-order valence-corrected chi connectivity index (χ3v) is 4.60. The maximum absolute atomic E-state index is 3.72. The highest BCUT2D eigenvalue weighted by Crippen LogP contribution is 2.46. The molecular formula is C17H18IN. The molecule has 0 saturated heterocycles. The molecule has 19 heavy (non-hydrogen) atoms. The van der Waals surface area contributed by atoms with Gasteiger partial charge in [0, 0.05) is 9.26 Å². The summed E-state index contributed by atoms with van der Waals surface area (Å²) in [5.74, 6) is 0. The highest BCUT2D eigenvalue weighted by Gasteiger charge is 2.38. The van der Waals surface area contributed by atoms with Gasteiger partial charge in [-0.05, 0) is 63.8 Å². The monoisotopic (exact) mass is 363 g/mol. The molecule has 3 rings (SSSR count). The van der Waals surface area contributed by atoms with Crippen LogP contribution in [0, 0.1) is 8.99 Å². The van der Waals surface area contributed by atoms with Gasteiger partial charge in [0.2, 0.25) is 0 Å². The third kappa shape index (κ3) is 2.50. The lowest BCUT2D eigenvalue weighted by Gasteiger charge is -2.29. The Bertz CT molecular complexity index is 604. The van der Waals surface area contributed by atoms with E-state index in [1.165, 1.54) is 20.4 Å². The number of fused-ring (bicyclic) bond motifs is 1. The highest BCUT2D eigenvalue weighted by atomic mass is 127. The maximum Gasteiger partial charge on any atom is 0.0570 e. The van der Waals surface area contributed by atoms with Crippen molar-refractivity contribution in [2.45, 2.75) is 26.3 Å². The van der Waals surface area contributed by atoms with Crippen molar-refractivity contribution in [3.63, 3.8) is 0 Å². The minimum Gasteiger partial charge on any atom is -0.378 e. The number of nitrogens with one attached hydrogen (secondary N) is 1. The van der Waals surface area contributed by atoms with E-state index < -0.39 is 0 Å². The Labute approximate surface area is 128 Å². The molecule has 0 spiro atoms. The summed E-state index contributed by atoms with van der Waals surface area (Å²) in [6.45, 7) is 4.69. The predicted molar refractivity (Wildman–Crippen MR) is 89.4 cm³/mol.